The first kappa shape index (κ1) is 9.79. The molecule has 0 aromatic rings. The van der Waals surface area contributed by atoms with Crippen LogP contribution in [0.15, 0.2) is 0 Å². The summed E-state index contributed by atoms with van der Waals surface area (Å²) in [5.74, 6) is 0. The Hall–Kier alpha value is -0.200. The molecule has 4 aliphatic heterocycles. The number of hydrogen-bond acceptors (Lipinski definition) is 5. The number of ether oxygens (including phenoxy) is 5. The maximum atomic E-state index is 5.96. The Balaban J connectivity index is 1.43. The molecule has 0 spiro atoms. The van der Waals surface area contributed by atoms with Crippen molar-refractivity contribution in [2.24, 2.45) is 0 Å². The van der Waals surface area contributed by atoms with Crippen LogP contribution in [0.1, 0.15) is 19.3 Å². The van der Waals surface area contributed by atoms with E-state index in [0.29, 0.717) is 6.61 Å². The highest BCUT2D eigenvalue weighted by Crippen LogP contribution is 2.43. The summed E-state index contributed by atoms with van der Waals surface area (Å²) < 4.78 is 28.2. The molecule has 4 fully saturated rings. The molecular formula is C11H16O5. The van der Waals surface area contributed by atoms with Crippen LogP contribution >= 0.6 is 0 Å². The number of hydrogen-bond donors (Lipinski definition) is 0. The minimum atomic E-state index is -0.151. The number of rotatable bonds is 2. The molecule has 3 unspecified atom stereocenters. The van der Waals surface area contributed by atoms with Crippen molar-refractivity contribution in [1.29, 1.82) is 0 Å². The fraction of sp³-hybridized carbons (Fsp3) is 1.00. The molecule has 5 nitrogen and oxygen atoms in total. The van der Waals surface area contributed by atoms with E-state index in [0.717, 1.165) is 19.4 Å². The van der Waals surface area contributed by atoms with Gasteiger partial charge in [-0.05, 0) is 19.3 Å². The Morgan fingerprint density at radius 1 is 1.00 bits per heavy atom. The molecule has 0 radical (unpaired) electrons. The lowest BCUT2D eigenvalue weighted by molar-refractivity contribution is -0.218. The highest BCUT2D eigenvalue weighted by atomic mass is 16.8. The van der Waals surface area contributed by atoms with E-state index in [-0.39, 0.29) is 37.0 Å². The normalized spacial score (nSPS) is 54.8. The van der Waals surface area contributed by atoms with E-state index in [1.165, 1.54) is 6.42 Å². The van der Waals surface area contributed by atoms with Gasteiger partial charge in [-0.3, -0.25) is 0 Å². The molecule has 4 heterocycles. The van der Waals surface area contributed by atoms with Crippen molar-refractivity contribution in [3.05, 3.63) is 0 Å². The second-order valence-electron chi connectivity index (χ2n) is 4.84. The molecule has 0 aromatic heterocycles. The lowest BCUT2D eigenvalue weighted by atomic mass is 10.1. The highest BCUT2D eigenvalue weighted by molar-refractivity contribution is 5.04. The third-order valence-corrected chi connectivity index (χ3v) is 3.70. The maximum absolute atomic E-state index is 5.96. The standard InChI is InChI=1S/C11H16O5/c1-2-4-12-7(3-1)15-8-6-5-13-11(14-6)10-9(8)16-10/h6-11H,1-5H2/t6?,7?,8-,9?,10-,11-/m1/s1. The van der Waals surface area contributed by atoms with Crippen LogP contribution in [-0.2, 0) is 23.7 Å². The van der Waals surface area contributed by atoms with Gasteiger partial charge in [-0.15, -0.1) is 0 Å². The average Bonchev–Trinajstić information content (AvgIpc) is 3.01. The quantitative estimate of drug-likeness (QED) is 0.641. The first-order chi connectivity index (χ1) is 7.92. The third kappa shape index (κ3) is 1.50. The fourth-order valence-corrected chi connectivity index (χ4v) is 2.77. The number of epoxide rings is 1. The predicted molar refractivity (Wildman–Crippen MR) is 51.7 cm³/mol. The molecule has 4 rings (SSSR count). The van der Waals surface area contributed by atoms with Gasteiger partial charge in [0.25, 0.3) is 0 Å². The molecule has 0 saturated carbocycles. The van der Waals surface area contributed by atoms with Crippen LogP contribution in [0, 0.1) is 0 Å². The molecule has 16 heavy (non-hydrogen) atoms. The monoisotopic (exact) mass is 228 g/mol. The second-order valence-corrected chi connectivity index (χ2v) is 4.84. The molecular weight excluding hydrogens is 212 g/mol. The summed E-state index contributed by atoms with van der Waals surface area (Å²) in [5.41, 5.74) is 0. The maximum Gasteiger partial charge on any atom is 0.187 e. The van der Waals surface area contributed by atoms with Crippen molar-refractivity contribution in [2.45, 2.75) is 56.3 Å². The van der Waals surface area contributed by atoms with Crippen LogP contribution in [0.3, 0.4) is 0 Å². The molecule has 90 valence electrons. The average molecular weight is 228 g/mol. The van der Waals surface area contributed by atoms with Crippen LogP contribution < -0.4 is 0 Å². The van der Waals surface area contributed by atoms with Gasteiger partial charge in [0.15, 0.2) is 12.6 Å². The van der Waals surface area contributed by atoms with E-state index in [1.807, 2.05) is 0 Å². The first-order valence-electron chi connectivity index (χ1n) is 6.11. The van der Waals surface area contributed by atoms with Crippen molar-refractivity contribution in [3.8, 4) is 0 Å². The topological polar surface area (TPSA) is 49.5 Å². The van der Waals surface area contributed by atoms with Crippen molar-refractivity contribution in [1.82, 2.24) is 0 Å². The zero-order chi connectivity index (χ0) is 10.5. The van der Waals surface area contributed by atoms with Gasteiger partial charge in [-0.1, -0.05) is 0 Å². The van der Waals surface area contributed by atoms with E-state index >= 15 is 0 Å². The Morgan fingerprint density at radius 3 is 2.88 bits per heavy atom. The smallest absolute Gasteiger partial charge is 0.187 e. The summed E-state index contributed by atoms with van der Waals surface area (Å²) in [4.78, 5) is 0. The van der Waals surface area contributed by atoms with Gasteiger partial charge in [0.1, 0.15) is 24.4 Å². The summed E-state index contributed by atoms with van der Waals surface area (Å²) in [7, 11) is 0. The van der Waals surface area contributed by atoms with Crippen molar-refractivity contribution >= 4 is 0 Å². The van der Waals surface area contributed by atoms with Gasteiger partial charge < -0.3 is 23.7 Å². The Labute approximate surface area is 93.9 Å². The number of fused-ring (bicyclic) bond motifs is 4. The molecule has 0 aromatic carbocycles. The third-order valence-electron chi connectivity index (χ3n) is 3.70. The summed E-state index contributed by atoms with van der Waals surface area (Å²) >= 11 is 0. The molecule has 2 bridgehead atoms. The second kappa shape index (κ2) is 3.65. The highest BCUT2D eigenvalue weighted by Gasteiger charge is 2.62. The van der Waals surface area contributed by atoms with Crippen molar-refractivity contribution in [2.75, 3.05) is 13.2 Å². The van der Waals surface area contributed by atoms with Gasteiger partial charge in [0.05, 0.1) is 6.61 Å². The fourth-order valence-electron chi connectivity index (χ4n) is 2.77. The van der Waals surface area contributed by atoms with E-state index in [4.69, 9.17) is 23.7 Å². The zero-order valence-corrected chi connectivity index (χ0v) is 9.04. The summed E-state index contributed by atoms with van der Waals surface area (Å²) in [6, 6.07) is 0. The van der Waals surface area contributed by atoms with Gasteiger partial charge in [-0.2, -0.15) is 0 Å². The van der Waals surface area contributed by atoms with Gasteiger partial charge in [0.2, 0.25) is 0 Å². The van der Waals surface area contributed by atoms with Crippen LogP contribution in [0.25, 0.3) is 0 Å². The summed E-state index contributed by atoms with van der Waals surface area (Å²) in [6.07, 6.45) is 3.33. The molecule has 4 saturated heterocycles. The summed E-state index contributed by atoms with van der Waals surface area (Å²) in [6.45, 7) is 1.43. The molecule has 6 atom stereocenters. The Bertz CT molecular complexity index is 278. The van der Waals surface area contributed by atoms with Gasteiger partial charge >= 0.3 is 0 Å². The Kier molecular flexibility index (Phi) is 2.23. The lowest BCUT2D eigenvalue weighted by Crippen LogP contribution is -2.44. The Morgan fingerprint density at radius 2 is 2.00 bits per heavy atom. The van der Waals surface area contributed by atoms with Gasteiger partial charge in [-0.25, -0.2) is 0 Å². The van der Waals surface area contributed by atoms with E-state index < -0.39 is 0 Å². The molecule has 0 aliphatic carbocycles. The minimum absolute atomic E-state index is 0.00755. The molecule has 0 N–H and O–H groups in total. The largest absolute Gasteiger partial charge is 0.361 e. The van der Waals surface area contributed by atoms with Crippen LogP contribution in [0.5, 0.6) is 0 Å². The first-order valence-corrected chi connectivity index (χ1v) is 6.11. The molecule has 0 amide bonds. The minimum Gasteiger partial charge on any atom is -0.361 e. The lowest BCUT2D eigenvalue weighted by Gasteiger charge is -2.30. The van der Waals surface area contributed by atoms with Crippen molar-refractivity contribution < 1.29 is 23.7 Å². The van der Waals surface area contributed by atoms with E-state index in [9.17, 15) is 0 Å². The zero-order valence-electron chi connectivity index (χ0n) is 9.04. The predicted octanol–water partition coefficient (Wildman–Crippen LogP) is 0.421. The molecule has 4 aliphatic rings. The van der Waals surface area contributed by atoms with Crippen LogP contribution in [-0.4, -0.2) is 50.2 Å². The van der Waals surface area contributed by atoms with E-state index in [2.05, 4.69) is 0 Å². The molecule has 5 heteroatoms. The van der Waals surface area contributed by atoms with Crippen molar-refractivity contribution in [3.63, 3.8) is 0 Å². The van der Waals surface area contributed by atoms with E-state index in [1.54, 1.807) is 0 Å². The summed E-state index contributed by atoms with van der Waals surface area (Å²) in [5, 5.41) is 0. The van der Waals surface area contributed by atoms with Crippen LogP contribution in [0.2, 0.25) is 0 Å². The van der Waals surface area contributed by atoms with Crippen LogP contribution in [0.4, 0.5) is 0 Å². The SMILES string of the molecule is C1CCC(O[C@@H]2C3CO[C@H](O3)[C@@H]3OC23)OC1. The van der Waals surface area contributed by atoms with Gasteiger partial charge in [0, 0.05) is 6.61 Å².